The summed E-state index contributed by atoms with van der Waals surface area (Å²) in [6.07, 6.45) is -2.86. The standard InChI is InChI=1S/3C15H16O2.Fe/c3*16-14(12-7-3-1-4-8-12)11-15(17)13-9-5-2-6-10-13;/h3*1-10,14-17H,11H2;. The van der Waals surface area contributed by atoms with Gasteiger partial charge in [0, 0.05) is 36.3 Å². The molecule has 6 N–H and O–H groups in total. The fourth-order valence-corrected chi connectivity index (χ4v) is 5.50. The third-order valence-corrected chi connectivity index (χ3v) is 8.45. The predicted octanol–water partition coefficient (Wildman–Crippen LogP) is 8.53. The summed E-state index contributed by atoms with van der Waals surface area (Å²) >= 11 is 0. The van der Waals surface area contributed by atoms with E-state index in [4.69, 9.17) is 0 Å². The fraction of sp³-hybridized carbons (Fsp3) is 0.200. The van der Waals surface area contributed by atoms with Crippen LogP contribution in [-0.4, -0.2) is 30.6 Å². The molecule has 0 aliphatic carbocycles. The topological polar surface area (TPSA) is 121 Å². The molecule has 0 fully saturated rings. The van der Waals surface area contributed by atoms with Gasteiger partial charge < -0.3 is 30.6 Å². The molecule has 7 heteroatoms. The maximum atomic E-state index is 9.99. The third-order valence-electron chi connectivity index (χ3n) is 8.45. The molecule has 0 saturated heterocycles. The molecule has 0 aliphatic heterocycles. The Kier molecular flexibility index (Phi) is 18.8. The Morgan fingerprint density at radius 1 is 0.231 bits per heavy atom. The van der Waals surface area contributed by atoms with Crippen molar-refractivity contribution in [3.63, 3.8) is 0 Å². The molecule has 6 aromatic carbocycles. The second-order valence-corrected chi connectivity index (χ2v) is 12.3. The minimum absolute atomic E-state index is 0. The molecule has 0 heterocycles. The number of hydrogen-bond donors (Lipinski definition) is 6. The van der Waals surface area contributed by atoms with Crippen molar-refractivity contribution in [3.8, 4) is 0 Å². The van der Waals surface area contributed by atoms with E-state index in [2.05, 4.69) is 0 Å². The van der Waals surface area contributed by atoms with E-state index in [1.165, 1.54) is 0 Å². The molecule has 0 radical (unpaired) electrons. The van der Waals surface area contributed by atoms with Gasteiger partial charge >= 0.3 is 0 Å². The molecule has 0 amide bonds. The molecule has 0 aliphatic rings. The molecule has 0 spiro atoms. The molecule has 272 valence electrons. The molecule has 6 unspecified atom stereocenters. The molecule has 6 nitrogen and oxygen atoms in total. The van der Waals surface area contributed by atoms with Gasteiger partial charge in [-0.1, -0.05) is 182 Å². The minimum Gasteiger partial charge on any atom is -0.388 e. The van der Waals surface area contributed by atoms with Crippen LogP contribution in [0.1, 0.15) is 89.3 Å². The number of aliphatic hydroxyl groups excluding tert-OH is 6. The summed E-state index contributed by atoms with van der Waals surface area (Å²) in [5.74, 6) is 0. The second-order valence-electron chi connectivity index (χ2n) is 12.3. The Bertz CT molecular complexity index is 1410. The van der Waals surface area contributed by atoms with Gasteiger partial charge in [0.15, 0.2) is 0 Å². The molecular formula is C45H48FeO6. The SMILES string of the molecule is OC(CC(O)c1ccccc1)c1ccccc1.OC(CC(O)c1ccccc1)c1ccccc1.OC(CC(O)c1ccccc1)c1ccccc1.[Fe]. The number of aliphatic hydroxyl groups is 6. The monoisotopic (exact) mass is 740 g/mol. The minimum atomic E-state index is -0.633. The maximum Gasteiger partial charge on any atom is 0.0818 e. The maximum absolute atomic E-state index is 9.99. The van der Waals surface area contributed by atoms with Crippen LogP contribution in [0.4, 0.5) is 0 Å². The summed E-state index contributed by atoms with van der Waals surface area (Å²) in [6, 6.07) is 56.4. The first kappa shape index (κ1) is 42.0. The van der Waals surface area contributed by atoms with E-state index < -0.39 is 36.6 Å². The molecular weight excluding hydrogens is 692 g/mol. The average molecular weight is 741 g/mol. The third kappa shape index (κ3) is 14.3. The quantitative estimate of drug-likeness (QED) is 0.0700. The zero-order valence-corrected chi connectivity index (χ0v) is 30.0. The van der Waals surface area contributed by atoms with Crippen LogP contribution in [0.15, 0.2) is 182 Å². The molecule has 6 aromatic rings. The molecule has 0 bridgehead atoms. The van der Waals surface area contributed by atoms with Crippen molar-refractivity contribution in [1.82, 2.24) is 0 Å². The van der Waals surface area contributed by atoms with Crippen molar-refractivity contribution in [1.29, 1.82) is 0 Å². The van der Waals surface area contributed by atoms with Gasteiger partial charge in [-0.2, -0.15) is 0 Å². The first-order chi connectivity index (χ1) is 24.8. The summed E-state index contributed by atoms with van der Waals surface area (Å²) in [4.78, 5) is 0. The van der Waals surface area contributed by atoms with E-state index in [9.17, 15) is 30.6 Å². The van der Waals surface area contributed by atoms with Crippen molar-refractivity contribution in [2.75, 3.05) is 0 Å². The van der Waals surface area contributed by atoms with E-state index in [0.717, 1.165) is 33.4 Å². The zero-order valence-electron chi connectivity index (χ0n) is 28.9. The largest absolute Gasteiger partial charge is 0.388 e. The van der Waals surface area contributed by atoms with Crippen LogP contribution < -0.4 is 0 Å². The molecule has 0 aromatic heterocycles. The van der Waals surface area contributed by atoms with Gasteiger partial charge in [0.1, 0.15) is 0 Å². The van der Waals surface area contributed by atoms with Crippen molar-refractivity contribution < 1.29 is 47.7 Å². The van der Waals surface area contributed by atoms with Crippen molar-refractivity contribution in [2.45, 2.75) is 55.9 Å². The Hall–Kier alpha value is -4.40. The van der Waals surface area contributed by atoms with Gasteiger partial charge in [0.25, 0.3) is 0 Å². The first-order valence-electron chi connectivity index (χ1n) is 17.2. The van der Waals surface area contributed by atoms with Crippen molar-refractivity contribution >= 4 is 0 Å². The van der Waals surface area contributed by atoms with E-state index in [0.29, 0.717) is 19.3 Å². The van der Waals surface area contributed by atoms with E-state index in [1.807, 2.05) is 182 Å². The van der Waals surface area contributed by atoms with Gasteiger partial charge in [0.2, 0.25) is 0 Å². The Morgan fingerprint density at radius 3 is 0.462 bits per heavy atom. The van der Waals surface area contributed by atoms with Crippen molar-refractivity contribution in [2.24, 2.45) is 0 Å². The van der Waals surface area contributed by atoms with Crippen LogP contribution in [0.5, 0.6) is 0 Å². The van der Waals surface area contributed by atoms with Gasteiger partial charge in [-0.3, -0.25) is 0 Å². The molecule has 0 saturated carbocycles. The number of benzene rings is 6. The van der Waals surface area contributed by atoms with Crippen LogP contribution in [0.3, 0.4) is 0 Å². The fourth-order valence-electron chi connectivity index (χ4n) is 5.50. The number of rotatable bonds is 12. The van der Waals surface area contributed by atoms with E-state index in [1.54, 1.807) is 0 Å². The smallest absolute Gasteiger partial charge is 0.0818 e. The van der Waals surface area contributed by atoms with Crippen LogP contribution in [-0.2, 0) is 17.1 Å². The van der Waals surface area contributed by atoms with Gasteiger partial charge in [-0.05, 0) is 33.4 Å². The van der Waals surface area contributed by atoms with Crippen LogP contribution >= 0.6 is 0 Å². The molecule has 52 heavy (non-hydrogen) atoms. The van der Waals surface area contributed by atoms with Crippen LogP contribution in [0.2, 0.25) is 0 Å². The van der Waals surface area contributed by atoms with E-state index in [-0.39, 0.29) is 17.1 Å². The normalized spacial score (nSPS) is 14.0. The Morgan fingerprint density at radius 2 is 0.346 bits per heavy atom. The summed E-state index contributed by atoms with van der Waals surface area (Å²) in [6.45, 7) is 0. The van der Waals surface area contributed by atoms with Crippen LogP contribution in [0, 0.1) is 0 Å². The summed E-state index contributed by atoms with van der Waals surface area (Å²) < 4.78 is 0. The average Bonchev–Trinajstić information content (AvgIpc) is 3.20. The Balaban J connectivity index is 0.000000208. The van der Waals surface area contributed by atoms with Gasteiger partial charge in [-0.15, -0.1) is 0 Å². The summed E-state index contributed by atoms with van der Waals surface area (Å²) in [5.41, 5.74) is 5.01. The summed E-state index contributed by atoms with van der Waals surface area (Å²) in [7, 11) is 0. The van der Waals surface area contributed by atoms with Crippen molar-refractivity contribution in [3.05, 3.63) is 215 Å². The van der Waals surface area contributed by atoms with E-state index >= 15 is 0 Å². The number of hydrogen-bond acceptors (Lipinski definition) is 6. The zero-order chi connectivity index (χ0) is 36.3. The van der Waals surface area contributed by atoms with Crippen LogP contribution in [0.25, 0.3) is 0 Å². The predicted molar refractivity (Wildman–Crippen MR) is 202 cm³/mol. The van der Waals surface area contributed by atoms with Gasteiger partial charge in [-0.25, -0.2) is 0 Å². The second kappa shape index (κ2) is 23.2. The first-order valence-corrected chi connectivity index (χ1v) is 17.2. The van der Waals surface area contributed by atoms with Gasteiger partial charge in [0.05, 0.1) is 36.6 Å². The summed E-state index contributed by atoms with van der Waals surface area (Å²) in [5, 5.41) is 60.0. The molecule has 6 atom stereocenters. The molecule has 6 rings (SSSR count). The Labute approximate surface area is 317 Å².